The fourth-order valence-electron chi connectivity index (χ4n) is 2.66. The Labute approximate surface area is 185 Å². The zero-order valence-electron chi connectivity index (χ0n) is 15.6. The number of benzene rings is 2. The summed E-state index contributed by atoms with van der Waals surface area (Å²) in [7, 11) is 2.97. The number of nitrogens with zero attached hydrogens (tertiary/aromatic N) is 4. The molecule has 12 heteroatoms. The summed E-state index contributed by atoms with van der Waals surface area (Å²) in [5.74, 6) is 0.769. The Morgan fingerprint density at radius 2 is 1.80 bits per heavy atom. The minimum atomic E-state index is -0.716. The van der Waals surface area contributed by atoms with E-state index in [9.17, 15) is 10.1 Å². The highest BCUT2D eigenvalue weighted by Gasteiger charge is 2.29. The predicted octanol–water partition coefficient (Wildman–Crippen LogP) is 4.85. The van der Waals surface area contributed by atoms with E-state index in [0.717, 1.165) is 0 Å². The second kappa shape index (κ2) is 9.21. The van der Waals surface area contributed by atoms with Crippen LogP contribution in [0.2, 0.25) is 0 Å². The molecule has 0 fully saturated rings. The lowest BCUT2D eigenvalue weighted by Gasteiger charge is -2.14. The number of nitrogens with one attached hydrogen (secondary N) is 1. The van der Waals surface area contributed by atoms with Crippen LogP contribution in [0.5, 0.6) is 11.5 Å². The van der Waals surface area contributed by atoms with Crippen molar-refractivity contribution in [2.75, 3.05) is 19.5 Å². The first-order valence-electron chi connectivity index (χ1n) is 8.27. The van der Waals surface area contributed by atoms with Crippen molar-refractivity contribution >= 4 is 57.3 Å². The van der Waals surface area contributed by atoms with Gasteiger partial charge in [0, 0.05) is 11.8 Å². The number of ether oxygens (including phenoxy) is 2. The standard InChI is InChI=1S/C18H14Cl3N5O4/c1-29-13-8-7-10(9-14(13)30-2)22-18(16(26(27)28)15(19)17(20)21)25-12-6-4-3-5-11(12)23-24-25/h3-9,22H,1-2H3. The third kappa shape index (κ3) is 4.28. The molecular formula is C18H14Cl3N5O4. The van der Waals surface area contributed by atoms with E-state index in [1.165, 1.54) is 18.9 Å². The van der Waals surface area contributed by atoms with Crippen LogP contribution in [0.25, 0.3) is 16.9 Å². The summed E-state index contributed by atoms with van der Waals surface area (Å²) in [6, 6.07) is 11.8. The van der Waals surface area contributed by atoms with E-state index in [1.54, 1.807) is 42.5 Å². The predicted molar refractivity (Wildman–Crippen MR) is 115 cm³/mol. The first-order valence-corrected chi connectivity index (χ1v) is 9.40. The molecule has 0 aliphatic heterocycles. The van der Waals surface area contributed by atoms with Crippen molar-refractivity contribution in [3.8, 4) is 11.5 Å². The van der Waals surface area contributed by atoms with Gasteiger partial charge in [0.05, 0.1) is 24.7 Å². The number of hydrogen-bond acceptors (Lipinski definition) is 7. The lowest BCUT2D eigenvalue weighted by molar-refractivity contribution is -0.419. The number of allylic oxidation sites excluding steroid dienone is 1. The smallest absolute Gasteiger partial charge is 0.332 e. The topological polar surface area (TPSA) is 104 Å². The molecule has 1 N–H and O–H groups in total. The number of fused-ring (bicyclic) bond motifs is 1. The van der Waals surface area contributed by atoms with Crippen molar-refractivity contribution in [2.24, 2.45) is 0 Å². The van der Waals surface area contributed by atoms with Crippen LogP contribution < -0.4 is 14.8 Å². The fraction of sp³-hybridized carbons (Fsp3) is 0.111. The molecule has 0 amide bonds. The summed E-state index contributed by atoms with van der Waals surface area (Å²) < 4.78 is 11.3. The molecule has 1 aromatic heterocycles. The van der Waals surface area contributed by atoms with Gasteiger partial charge in [0.25, 0.3) is 0 Å². The van der Waals surface area contributed by atoms with Crippen molar-refractivity contribution in [1.29, 1.82) is 0 Å². The summed E-state index contributed by atoms with van der Waals surface area (Å²) >= 11 is 17.6. The average Bonchev–Trinajstić information content (AvgIpc) is 3.16. The Balaban J connectivity index is 2.27. The molecule has 0 radical (unpaired) electrons. The van der Waals surface area contributed by atoms with Gasteiger partial charge < -0.3 is 14.8 Å². The largest absolute Gasteiger partial charge is 0.493 e. The summed E-state index contributed by atoms with van der Waals surface area (Å²) in [4.78, 5) is 11.2. The fourth-order valence-corrected chi connectivity index (χ4v) is 2.99. The van der Waals surface area contributed by atoms with Crippen LogP contribution in [-0.2, 0) is 0 Å². The van der Waals surface area contributed by atoms with Crippen LogP contribution in [0.15, 0.2) is 57.7 Å². The Morgan fingerprint density at radius 3 is 2.43 bits per heavy atom. The van der Waals surface area contributed by atoms with E-state index < -0.39 is 20.1 Å². The van der Waals surface area contributed by atoms with Gasteiger partial charge in [-0.3, -0.25) is 10.1 Å². The van der Waals surface area contributed by atoms with Crippen molar-refractivity contribution in [3.63, 3.8) is 0 Å². The summed E-state index contributed by atoms with van der Waals surface area (Å²) in [6.45, 7) is 0. The first kappa shape index (κ1) is 21.7. The molecule has 2 aromatic carbocycles. The highest BCUT2D eigenvalue weighted by Crippen LogP contribution is 2.34. The summed E-state index contributed by atoms with van der Waals surface area (Å²) in [5.41, 5.74) is 0.845. The summed E-state index contributed by atoms with van der Waals surface area (Å²) in [5, 5.41) is 22.4. The molecule has 0 atom stereocenters. The van der Waals surface area contributed by atoms with Gasteiger partial charge in [0.15, 0.2) is 16.5 Å². The van der Waals surface area contributed by atoms with Gasteiger partial charge in [0.2, 0.25) is 5.82 Å². The quantitative estimate of drug-likeness (QED) is 0.299. The van der Waals surface area contributed by atoms with Crippen LogP contribution in [-0.4, -0.2) is 34.1 Å². The van der Waals surface area contributed by atoms with Crippen LogP contribution >= 0.6 is 34.8 Å². The molecule has 1 heterocycles. The van der Waals surface area contributed by atoms with E-state index in [1.807, 2.05) is 0 Å². The highest BCUT2D eigenvalue weighted by molar-refractivity contribution is 6.59. The van der Waals surface area contributed by atoms with Crippen molar-refractivity contribution < 1.29 is 14.4 Å². The van der Waals surface area contributed by atoms with Gasteiger partial charge in [-0.25, -0.2) is 0 Å². The highest BCUT2D eigenvalue weighted by atomic mass is 35.5. The van der Waals surface area contributed by atoms with Crippen molar-refractivity contribution in [3.05, 3.63) is 67.8 Å². The minimum Gasteiger partial charge on any atom is -0.493 e. The second-order valence-corrected chi connectivity index (χ2v) is 7.04. The maximum atomic E-state index is 11.9. The number of halogens is 3. The zero-order chi connectivity index (χ0) is 21.8. The van der Waals surface area contributed by atoms with Gasteiger partial charge in [-0.2, -0.15) is 4.68 Å². The Morgan fingerprint density at radius 1 is 1.10 bits per heavy atom. The van der Waals surface area contributed by atoms with Gasteiger partial charge in [0.1, 0.15) is 10.0 Å². The van der Waals surface area contributed by atoms with Gasteiger partial charge in [-0.1, -0.05) is 52.1 Å². The monoisotopic (exact) mass is 469 g/mol. The molecule has 3 rings (SSSR count). The van der Waals surface area contributed by atoms with Crippen molar-refractivity contribution in [2.45, 2.75) is 0 Å². The van der Waals surface area contributed by atoms with E-state index >= 15 is 0 Å². The normalized spacial score (nSPS) is 11.6. The van der Waals surface area contributed by atoms with E-state index in [2.05, 4.69) is 15.6 Å². The lowest BCUT2D eigenvalue weighted by Crippen LogP contribution is -2.16. The second-order valence-electron chi connectivity index (χ2n) is 5.71. The molecular weight excluding hydrogens is 457 g/mol. The zero-order valence-corrected chi connectivity index (χ0v) is 17.9. The van der Waals surface area contributed by atoms with E-state index in [0.29, 0.717) is 28.2 Å². The van der Waals surface area contributed by atoms with Gasteiger partial charge in [-0.05, 0) is 24.3 Å². The third-order valence-electron chi connectivity index (χ3n) is 3.99. The third-order valence-corrected chi connectivity index (χ3v) is 4.93. The number of para-hydroxylation sites is 1. The van der Waals surface area contributed by atoms with Gasteiger partial charge in [-0.15, -0.1) is 5.10 Å². The molecule has 0 spiro atoms. The number of aromatic nitrogens is 3. The van der Waals surface area contributed by atoms with Crippen LogP contribution in [0.3, 0.4) is 0 Å². The molecule has 3 aromatic rings. The maximum Gasteiger partial charge on any atom is 0.332 e. The van der Waals surface area contributed by atoms with Crippen LogP contribution in [0, 0.1) is 10.1 Å². The number of rotatable bonds is 7. The Bertz CT molecular complexity index is 1170. The molecule has 0 aliphatic rings. The first-order chi connectivity index (χ1) is 14.4. The van der Waals surface area contributed by atoms with Crippen LogP contribution in [0.4, 0.5) is 5.69 Å². The molecule has 9 nitrogen and oxygen atoms in total. The molecule has 30 heavy (non-hydrogen) atoms. The Hall–Kier alpha value is -3.01. The van der Waals surface area contributed by atoms with E-state index in [4.69, 9.17) is 44.3 Å². The minimum absolute atomic E-state index is 0.121. The average molecular weight is 471 g/mol. The summed E-state index contributed by atoms with van der Waals surface area (Å²) in [6.07, 6.45) is 0. The van der Waals surface area contributed by atoms with E-state index in [-0.39, 0.29) is 5.82 Å². The SMILES string of the molecule is COc1ccc(NC(=C(C(Cl)=C(Cl)Cl)[N+](=O)[O-])n2nnc3ccccc32)cc1OC. The molecule has 156 valence electrons. The van der Waals surface area contributed by atoms with Crippen LogP contribution in [0.1, 0.15) is 0 Å². The van der Waals surface area contributed by atoms with Crippen molar-refractivity contribution in [1.82, 2.24) is 15.0 Å². The maximum absolute atomic E-state index is 11.9. The molecule has 0 aliphatic carbocycles. The molecule has 0 saturated heterocycles. The van der Waals surface area contributed by atoms with Gasteiger partial charge >= 0.3 is 5.70 Å². The lowest BCUT2D eigenvalue weighted by atomic mass is 10.2. The number of nitro groups is 1. The number of methoxy groups -OCH3 is 2. The molecule has 0 saturated carbocycles. The number of hydrogen-bond donors (Lipinski definition) is 1. The number of anilines is 1. The molecule has 0 unspecified atom stereocenters. The molecule has 0 bridgehead atoms. The Kier molecular flexibility index (Phi) is 6.66.